The first-order valence-electron chi connectivity index (χ1n) is 6.86. The smallest absolute Gasteiger partial charge is 0.261 e. The molecular formula is C16H18N2O3S. The van der Waals surface area contributed by atoms with E-state index >= 15 is 0 Å². The minimum Gasteiger partial charge on any atom is -0.366 e. The van der Waals surface area contributed by atoms with E-state index in [0.717, 1.165) is 12.0 Å². The lowest BCUT2D eigenvalue weighted by atomic mass is 10.1. The van der Waals surface area contributed by atoms with Crippen LogP contribution in [-0.2, 0) is 16.4 Å². The molecule has 0 fully saturated rings. The molecule has 2 aromatic rings. The van der Waals surface area contributed by atoms with Crippen molar-refractivity contribution in [1.82, 2.24) is 0 Å². The lowest BCUT2D eigenvalue weighted by Crippen LogP contribution is -2.19. The molecule has 0 aliphatic heterocycles. The summed E-state index contributed by atoms with van der Waals surface area (Å²) in [7, 11) is -3.77. The van der Waals surface area contributed by atoms with Crippen molar-refractivity contribution in [3.8, 4) is 0 Å². The normalized spacial score (nSPS) is 11.2. The zero-order chi connectivity index (χ0) is 16.3. The van der Waals surface area contributed by atoms with E-state index in [0.29, 0.717) is 5.56 Å². The van der Waals surface area contributed by atoms with E-state index in [1.54, 1.807) is 43.3 Å². The molecule has 116 valence electrons. The van der Waals surface area contributed by atoms with Crippen LogP contribution >= 0.6 is 0 Å². The Kier molecular flexibility index (Phi) is 4.51. The maximum absolute atomic E-state index is 12.5. The molecule has 0 aliphatic carbocycles. The van der Waals surface area contributed by atoms with Gasteiger partial charge in [0.2, 0.25) is 0 Å². The van der Waals surface area contributed by atoms with Gasteiger partial charge in [-0.15, -0.1) is 0 Å². The van der Waals surface area contributed by atoms with Gasteiger partial charge < -0.3 is 5.73 Å². The van der Waals surface area contributed by atoms with Crippen molar-refractivity contribution < 1.29 is 13.2 Å². The molecular weight excluding hydrogens is 300 g/mol. The van der Waals surface area contributed by atoms with Crippen LogP contribution in [0.3, 0.4) is 0 Å². The van der Waals surface area contributed by atoms with E-state index in [2.05, 4.69) is 4.72 Å². The van der Waals surface area contributed by atoms with Crippen LogP contribution in [0, 0.1) is 6.92 Å². The van der Waals surface area contributed by atoms with Crippen molar-refractivity contribution in [2.45, 2.75) is 25.2 Å². The molecule has 2 aromatic carbocycles. The van der Waals surface area contributed by atoms with E-state index < -0.39 is 15.9 Å². The molecule has 0 bridgehead atoms. The zero-order valence-corrected chi connectivity index (χ0v) is 13.3. The number of amides is 1. The van der Waals surface area contributed by atoms with Crippen molar-refractivity contribution >= 4 is 21.6 Å². The number of nitrogens with two attached hydrogens (primary N) is 1. The Hall–Kier alpha value is -2.34. The summed E-state index contributed by atoms with van der Waals surface area (Å²) in [5.41, 5.74) is 7.35. The number of hydrogen-bond donors (Lipinski definition) is 2. The minimum absolute atomic E-state index is 0.142. The first-order chi connectivity index (χ1) is 10.3. The highest BCUT2D eigenvalue weighted by Crippen LogP contribution is 2.24. The topological polar surface area (TPSA) is 89.3 Å². The highest BCUT2D eigenvalue weighted by molar-refractivity contribution is 7.92. The minimum atomic E-state index is -3.77. The first kappa shape index (κ1) is 16.0. The molecule has 22 heavy (non-hydrogen) atoms. The summed E-state index contributed by atoms with van der Waals surface area (Å²) >= 11 is 0. The summed E-state index contributed by atoms with van der Waals surface area (Å²) in [5.74, 6) is -0.678. The van der Waals surface area contributed by atoms with E-state index in [4.69, 9.17) is 5.73 Å². The third kappa shape index (κ3) is 3.28. The molecule has 0 heterocycles. The third-order valence-corrected chi connectivity index (χ3v) is 4.78. The van der Waals surface area contributed by atoms with Gasteiger partial charge >= 0.3 is 0 Å². The highest BCUT2D eigenvalue weighted by atomic mass is 32.2. The molecule has 1 amide bonds. The number of aryl methyl sites for hydroxylation is 2. The number of hydrogen-bond acceptors (Lipinski definition) is 3. The van der Waals surface area contributed by atoms with Crippen molar-refractivity contribution in [2.75, 3.05) is 4.72 Å². The second-order valence-electron chi connectivity index (χ2n) is 4.96. The number of benzene rings is 2. The van der Waals surface area contributed by atoms with Crippen LogP contribution in [0.1, 0.15) is 28.4 Å². The van der Waals surface area contributed by atoms with Gasteiger partial charge in [0.15, 0.2) is 0 Å². The molecule has 0 spiro atoms. The Morgan fingerprint density at radius 2 is 1.77 bits per heavy atom. The van der Waals surface area contributed by atoms with E-state index in [-0.39, 0.29) is 16.1 Å². The zero-order valence-electron chi connectivity index (χ0n) is 12.5. The largest absolute Gasteiger partial charge is 0.366 e. The van der Waals surface area contributed by atoms with Crippen molar-refractivity contribution in [1.29, 1.82) is 0 Å². The van der Waals surface area contributed by atoms with Crippen LogP contribution in [0.2, 0.25) is 0 Å². The second kappa shape index (κ2) is 6.19. The number of carbonyl (C=O) groups is 1. The SMILES string of the molecule is CCc1ccc(S(=O)(=O)Nc2c(C)cccc2C(N)=O)cc1. The highest BCUT2D eigenvalue weighted by Gasteiger charge is 2.19. The molecule has 0 radical (unpaired) electrons. The van der Waals surface area contributed by atoms with Gasteiger partial charge in [-0.2, -0.15) is 0 Å². The number of para-hydroxylation sites is 1. The molecule has 0 unspecified atom stereocenters. The monoisotopic (exact) mass is 318 g/mol. The van der Waals surface area contributed by atoms with Crippen LogP contribution in [0.15, 0.2) is 47.4 Å². The van der Waals surface area contributed by atoms with Gasteiger partial charge in [-0.1, -0.05) is 31.2 Å². The summed E-state index contributed by atoms with van der Waals surface area (Å²) in [6, 6.07) is 11.5. The summed E-state index contributed by atoms with van der Waals surface area (Å²) in [4.78, 5) is 11.6. The Morgan fingerprint density at radius 1 is 1.14 bits per heavy atom. The summed E-state index contributed by atoms with van der Waals surface area (Å²) in [6.07, 6.45) is 0.831. The number of nitrogens with one attached hydrogen (secondary N) is 1. The van der Waals surface area contributed by atoms with E-state index in [1.807, 2.05) is 6.92 Å². The Labute approximate surface area is 130 Å². The van der Waals surface area contributed by atoms with Crippen LogP contribution in [-0.4, -0.2) is 14.3 Å². The number of rotatable bonds is 5. The molecule has 0 aromatic heterocycles. The van der Waals surface area contributed by atoms with E-state index in [1.165, 1.54) is 6.07 Å². The van der Waals surface area contributed by atoms with Gasteiger partial charge in [0.1, 0.15) is 0 Å². The number of primary amides is 1. The fraction of sp³-hybridized carbons (Fsp3) is 0.188. The Bertz CT molecular complexity index is 797. The molecule has 0 saturated heterocycles. The number of anilines is 1. The molecule has 5 nitrogen and oxygen atoms in total. The summed E-state index contributed by atoms with van der Waals surface area (Å²) < 4.78 is 27.4. The lowest BCUT2D eigenvalue weighted by Gasteiger charge is -2.13. The maximum Gasteiger partial charge on any atom is 0.261 e. The van der Waals surface area contributed by atoms with Crippen LogP contribution in [0.25, 0.3) is 0 Å². The Balaban J connectivity index is 2.42. The quantitative estimate of drug-likeness (QED) is 0.887. The summed E-state index contributed by atoms with van der Waals surface area (Å²) in [6.45, 7) is 3.71. The molecule has 2 rings (SSSR count). The second-order valence-corrected chi connectivity index (χ2v) is 6.65. The molecule has 0 saturated carbocycles. The fourth-order valence-corrected chi connectivity index (χ4v) is 3.26. The average molecular weight is 318 g/mol. The van der Waals surface area contributed by atoms with E-state index in [9.17, 15) is 13.2 Å². The van der Waals surface area contributed by atoms with Gasteiger partial charge in [-0.25, -0.2) is 8.42 Å². The van der Waals surface area contributed by atoms with Gasteiger partial charge in [0, 0.05) is 0 Å². The standard InChI is InChI=1S/C16H18N2O3S/c1-3-12-7-9-13(10-8-12)22(20,21)18-15-11(2)5-4-6-14(15)16(17)19/h4-10,18H,3H2,1-2H3,(H2,17,19). The van der Waals surface area contributed by atoms with Crippen LogP contribution in [0.4, 0.5) is 5.69 Å². The van der Waals surface area contributed by atoms with Crippen molar-refractivity contribution in [3.05, 3.63) is 59.2 Å². The van der Waals surface area contributed by atoms with Gasteiger partial charge in [0.05, 0.1) is 16.1 Å². The fourth-order valence-electron chi connectivity index (χ4n) is 2.11. The first-order valence-corrected chi connectivity index (χ1v) is 8.34. The Morgan fingerprint density at radius 3 is 2.32 bits per heavy atom. The average Bonchev–Trinajstić information content (AvgIpc) is 2.49. The molecule has 0 atom stereocenters. The number of carbonyl (C=O) groups excluding carboxylic acids is 1. The van der Waals surface area contributed by atoms with Crippen LogP contribution in [0.5, 0.6) is 0 Å². The predicted octanol–water partition coefficient (Wildman–Crippen LogP) is 2.46. The van der Waals surface area contributed by atoms with Gasteiger partial charge in [-0.05, 0) is 42.7 Å². The van der Waals surface area contributed by atoms with Gasteiger partial charge in [0.25, 0.3) is 15.9 Å². The van der Waals surface area contributed by atoms with Crippen molar-refractivity contribution in [2.24, 2.45) is 5.73 Å². The number of sulfonamides is 1. The maximum atomic E-state index is 12.5. The van der Waals surface area contributed by atoms with Gasteiger partial charge in [-0.3, -0.25) is 9.52 Å². The van der Waals surface area contributed by atoms with Crippen molar-refractivity contribution in [3.63, 3.8) is 0 Å². The lowest BCUT2D eigenvalue weighted by molar-refractivity contribution is 0.100. The van der Waals surface area contributed by atoms with Crippen LogP contribution < -0.4 is 10.5 Å². The third-order valence-electron chi connectivity index (χ3n) is 3.42. The molecule has 6 heteroatoms. The summed E-state index contributed by atoms with van der Waals surface area (Å²) in [5, 5.41) is 0. The molecule has 0 aliphatic rings. The predicted molar refractivity (Wildman–Crippen MR) is 86.3 cm³/mol. The molecule has 3 N–H and O–H groups in total.